The first-order valence-electron chi connectivity index (χ1n) is 6.47. The Bertz CT molecular complexity index is 509. The maximum atomic E-state index is 12.4. The average molecular weight is 297 g/mol. The summed E-state index contributed by atoms with van der Waals surface area (Å²) in [5.74, 6) is -0.444. The molecule has 1 saturated heterocycles. The molecule has 1 aliphatic rings. The zero-order chi connectivity index (χ0) is 14.5. The number of hydrogen-bond donors (Lipinski definition) is 1. The highest BCUT2D eigenvalue weighted by Gasteiger charge is 2.22. The number of rotatable bonds is 3. The van der Waals surface area contributed by atoms with Gasteiger partial charge in [0.25, 0.3) is 5.91 Å². The topological polar surface area (TPSA) is 79.5 Å². The van der Waals surface area contributed by atoms with Gasteiger partial charge in [0.15, 0.2) is 0 Å². The molecule has 1 aliphatic heterocycles. The number of halogens is 1. The molecule has 0 atom stereocenters. The summed E-state index contributed by atoms with van der Waals surface area (Å²) in [6.45, 7) is 2.84. The number of pyridine rings is 1. The lowest BCUT2D eigenvalue weighted by molar-refractivity contribution is -0.119. The molecule has 2 amide bonds. The van der Waals surface area contributed by atoms with E-state index in [0.29, 0.717) is 30.2 Å². The maximum absolute atomic E-state index is 12.4. The molecule has 0 bridgehead atoms. The van der Waals surface area contributed by atoms with Gasteiger partial charge in [0.1, 0.15) is 0 Å². The van der Waals surface area contributed by atoms with Crippen molar-refractivity contribution in [3.8, 4) is 0 Å². The summed E-state index contributed by atoms with van der Waals surface area (Å²) in [7, 11) is 0. The lowest BCUT2D eigenvalue weighted by Gasteiger charge is -2.21. The molecule has 1 fully saturated rings. The van der Waals surface area contributed by atoms with E-state index in [0.717, 1.165) is 13.0 Å². The Balaban J connectivity index is 2.02. The van der Waals surface area contributed by atoms with E-state index in [2.05, 4.69) is 4.98 Å². The number of aromatic nitrogens is 1. The summed E-state index contributed by atoms with van der Waals surface area (Å²) < 4.78 is 0. The summed E-state index contributed by atoms with van der Waals surface area (Å²) in [5, 5.41) is 0.357. The van der Waals surface area contributed by atoms with E-state index >= 15 is 0 Å². The second-order valence-corrected chi connectivity index (χ2v) is 5.15. The lowest BCUT2D eigenvalue weighted by Crippen LogP contribution is -2.38. The van der Waals surface area contributed by atoms with E-state index in [1.807, 2.05) is 4.90 Å². The Morgan fingerprint density at radius 3 is 2.80 bits per heavy atom. The van der Waals surface area contributed by atoms with Crippen LogP contribution in [0.1, 0.15) is 16.8 Å². The number of nitrogens with two attached hydrogens (primary N) is 1. The molecule has 1 aromatic rings. The van der Waals surface area contributed by atoms with Crippen molar-refractivity contribution in [3.63, 3.8) is 0 Å². The highest BCUT2D eigenvalue weighted by molar-refractivity contribution is 6.33. The molecule has 7 heteroatoms. The van der Waals surface area contributed by atoms with Gasteiger partial charge in [-0.05, 0) is 12.5 Å². The van der Waals surface area contributed by atoms with Crippen LogP contribution in [0.4, 0.5) is 0 Å². The molecule has 0 aromatic carbocycles. The van der Waals surface area contributed by atoms with Gasteiger partial charge in [-0.25, -0.2) is 0 Å². The molecule has 2 rings (SSSR count). The second-order valence-electron chi connectivity index (χ2n) is 4.74. The van der Waals surface area contributed by atoms with Gasteiger partial charge in [-0.15, -0.1) is 0 Å². The largest absolute Gasteiger partial charge is 0.369 e. The normalized spacial score (nSPS) is 16.8. The van der Waals surface area contributed by atoms with Crippen molar-refractivity contribution in [1.29, 1.82) is 0 Å². The summed E-state index contributed by atoms with van der Waals surface area (Å²) in [6.07, 6.45) is 3.82. The molecule has 0 spiro atoms. The molecule has 108 valence electrons. The van der Waals surface area contributed by atoms with Crippen molar-refractivity contribution in [2.45, 2.75) is 6.42 Å². The van der Waals surface area contributed by atoms with Crippen LogP contribution in [0.15, 0.2) is 18.5 Å². The van der Waals surface area contributed by atoms with Crippen molar-refractivity contribution in [2.24, 2.45) is 5.73 Å². The Morgan fingerprint density at radius 2 is 2.10 bits per heavy atom. The Labute approximate surface area is 122 Å². The molecular weight excluding hydrogens is 280 g/mol. The van der Waals surface area contributed by atoms with Gasteiger partial charge in [-0.3, -0.25) is 19.5 Å². The molecule has 0 saturated carbocycles. The van der Waals surface area contributed by atoms with Crippen molar-refractivity contribution < 1.29 is 9.59 Å². The zero-order valence-corrected chi connectivity index (χ0v) is 11.8. The molecule has 6 nitrogen and oxygen atoms in total. The fourth-order valence-corrected chi connectivity index (χ4v) is 2.47. The third kappa shape index (κ3) is 3.68. The molecule has 0 aliphatic carbocycles. The third-order valence-corrected chi connectivity index (χ3v) is 3.56. The van der Waals surface area contributed by atoms with Crippen molar-refractivity contribution in [1.82, 2.24) is 14.8 Å². The molecule has 2 N–H and O–H groups in total. The summed E-state index contributed by atoms with van der Waals surface area (Å²) in [5.41, 5.74) is 5.66. The monoisotopic (exact) mass is 296 g/mol. The van der Waals surface area contributed by atoms with E-state index in [1.165, 1.54) is 6.20 Å². The van der Waals surface area contributed by atoms with Gasteiger partial charge in [0.05, 0.1) is 17.1 Å². The van der Waals surface area contributed by atoms with Crippen LogP contribution in [-0.2, 0) is 4.79 Å². The van der Waals surface area contributed by atoms with Gasteiger partial charge < -0.3 is 10.6 Å². The average Bonchev–Trinajstić information content (AvgIpc) is 2.63. The predicted molar refractivity (Wildman–Crippen MR) is 75.4 cm³/mol. The molecule has 1 aromatic heterocycles. The number of carbonyl (C=O) groups excluding carboxylic acids is 2. The molecule has 0 radical (unpaired) electrons. The standard InChI is InChI=1S/C13H17ClN4O2/c14-11-8-16-3-2-10(11)13(20)18-5-1-4-17(6-7-18)9-12(15)19/h2-3,8H,1,4-7,9H2,(H2,15,19). The number of nitrogens with zero attached hydrogens (tertiary/aromatic N) is 3. The number of carbonyl (C=O) groups is 2. The third-order valence-electron chi connectivity index (χ3n) is 3.26. The van der Waals surface area contributed by atoms with E-state index in [1.54, 1.807) is 17.2 Å². The summed E-state index contributed by atoms with van der Waals surface area (Å²) in [4.78, 5) is 30.9. The lowest BCUT2D eigenvalue weighted by atomic mass is 10.2. The smallest absolute Gasteiger partial charge is 0.255 e. The minimum absolute atomic E-state index is 0.0988. The van der Waals surface area contributed by atoms with Crippen LogP contribution in [0, 0.1) is 0 Å². The molecule has 2 heterocycles. The minimum atomic E-state index is -0.345. The Hall–Kier alpha value is -1.66. The van der Waals surface area contributed by atoms with E-state index < -0.39 is 0 Å². The fraction of sp³-hybridized carbons (Fsp3) is 0.462. The van der Waals surface area contributed by atoms with Gasteiger partial charge in [-0.1, -0.05) is 11.6 Å². The van der Waals surface area contributed by atoms with Crippen LogP contribution < -0.4 is 5.73 Å². The Morgan fingerprint density at radius 1 is 1.30 bits per heavy atom. The fourth-order valence-electron chi connectivity index (χ4n) is 2.27. The van der Waals surface area contributed by atoms with Crippen LogP contribution in [0.25, 0.3) is 0 Å². The minimum Gasteiger partial charge on any atom is -0.369 e. The first-order chi connectivity index (χ1) is 9.58. The van der Waals surface area contributed by atoms with Crippen LogP contribution in [-0.4, -0.2) is 59.3 Å². The van der Waals surface area contributed by atoms with E-state index in [-0.39, 0.29) is 18.4 Å². The van der Waals surface area contributed by atoms with Crippen molar-refractivity contribution >= 4 is 23.4 Å². The molecule has 20 heavy (non-hydrogen) atoms. The van der Waals surface area contributed by atoms with Gasteiger partial charge in [0, 0.05) is 38.6 Å². The zero-order valence-electron chi connectivity index (χ0n) is 11.1. The van der Waals surface area contributed by atoms with Crippen molar-refractivity contribution in [2.75, 3.05) is 32.7 Å². The quantitative estimate of drug-likeness (QED) is 0.874. The van der Waals surface area contributed by atoms with Crippen LogP contribution in [0.5, 0.6) is 0 Å². The second kappa shape index (κ2) is 6.67. The van der Waals surface area contributed by atoms with Crippen molar-refractivity contribution in [3.05, 3.63) is 29.0 Å². The number of hydrogen-bond acceptors (Lipinski definition) is 4. The first kappa shape index (κ1) is 14.7. The maximum Gasteiger partial charge on any atom is 0.255 e. The van der Waals surface area contributed by atoms with Gasteiger partial charge >= 0.3 is 0 Å². The van der Waals surface area contributed by atoms with E-state index in [9.17, 15) is 9.59 Å². The number of primary amides is 1. The SMILES string of the molecule is NC(=O)CN1CCCN(C(=O)c2ccncc2Cl)CC1. The molecular formula is C13H17ClN4O2. The van der Waals surface area contributed by atoms with E-state index in [4.69, 9.17) is 17.3 Å². The summed E-state index contributed by atoms with van der Waals surface area (Å²) in [6, 6.07) is 1.62. The van der Waals surface area contributed by atoms with Gasteiger partial charge in [-0.2, -0.15) is 0 Å². The predicted octanol–water partition coefficient (Wildman–Crippen LogP) is 0.368. The first-order valence-corrected chi connectivity index (χ1v) is 6.85. The summed E-state index contributed by atoms with van der Waals surface area (Å²) >= 11 is 6.00. The van der Waals surface area contributed by atoms with Gasteiger partial charge in [0.2, 0.25) is 5.91 Å². The Kier molecular flexibility index (Phi) is 4.92. The van der Waals surface area contributed by atoms with Crippen LogP contribution >= 0.6 is 11.6 Å². The molecule has 0 unspecified atom stereocenters. The van der Waals surface area contributed by atoms with Crippen LogP contribution in [0.3, 0.4) is 0 Å². The highest BCUT2D eigenvalue weighted by Crippen LogP contribution is 2.17. The van der Waals surface area contributed by atoms with Crippen LogP contribution in [0.2, 0.25) is 5.02 Å². The number of amides is 2. The highest BCUT2D eigenvalue weighted by atomic mass is 35.5.